The normalized spacial score (nSPS) is 12.1. The molecule has 0 saturated heterocycles. The van der Waals surface area contributed by atoms with E-state index >= 15 is 0 Å². The second kappa shape index (κ2) is 8.80. The summed E-state index contributed by atoms with van der Waals surface area (Å²) in [7, 11) is 0. The Bertz CT molecular complexity index is 1020. The number of benzene rings is 2. The quantitative estimate of drug-likeness (QED) is 0.421. The summed E-state index contributed by atoms with van der Waals surface area (Å²) in [5, 5.41) is 10.6. The van der Waals surface area contributed by atoms with E-state index in [4.69, 9.17) is 21.8 Å². The Hall–Kier alpha value is -1.99. The Kier molecular flexibility index (Phi) is 6.44. The number of fused-ring (bicyclic) bond motifs is 1. The first-order valence-corrected chi connectivity index (χ1v) is 9.56. The van der Waals surface area contributed by atoms with Crippen LogP contribution >= 0.6 is 35.8 Å². The summed E-state index contributed by atoms with van der Waals surface area (Å²) in [6.45, 7) is 0. The Balaban J connectivity index is 0.00000210. The van der Waals surface area contributed by atoms with Crippen molar-refractivity contribution in [2.24, 2.45) is 5.73 Å². The molecule has 2 heterocycles. The van der Waals surface area contributed by atoms with Gasteiger partial charge in [-0.25, -0.2) is 0 Å². The number of aromatic amines is 1. The van der Waals surface area contributed by atoms with Gasteiger partial charge in [-0.3, -0.25) is 0 Å². The van der Waals surface area contributed by atoms with Crippen molar-refractivity contribution in [2.75, 3.05) is 0 Å². The highest BCUT2D eigenvalue weighted by Crippen LogP contribution is 2.26. The Morgan fingerprint density at radius 1 is 1.11 bits per heavy atom. The molecule has 0 spiro atoms. The average Bonchev–Trinajstić information content (AvgIpc) is 3.29. The number of rotatable bonds is 6. The predicted octanol–water partition coefficient (Wildman–Crippen LogP) is 5.16. The van der Waals surface area contributed by atoms with Crippen LogP contribution in [-0.2, 0) is 12.2 Å². The fourth-order valence-corrected chi connectivity index (χ4v) is 3.63. The Morgan fingerprint density at radius 2 is 1.89 bits per heavy atom. The lowest BCUT2D eigenvalue weighted by Gasteiger charge is -2.05. The van der Waals surface area contributed by atoms with Crippen molar-refractivity contribution >= 4 is 46.7 Å². The van der Waals surface area contributed by atoms with Gasteiger partial charge in [0, 0.05) is 27.9 Å². The monoisotopic (exact) mass is 420 g/mol. The van der Waals surface area contributed by atoms with Gasteiger partial charge in [-0.1, -0.05) is 53.7 Å². The van der Waals surface area contributed by atoms with Gasteiger partial charge in [0.25, 0.3) is 5.22 Å². The molecule has 0 bridgehead atoms. The molecule has 0 fully saturated rings. The molecule has 2 aromatic carbocycles. The van der Waals surface area contributed by atoms with Gasteiger partial charge in [-0.2, -0.15) is 0 Å². The van der Waals surface area contributed by atoms with E-state index in [0.717, 1.165) is 27.4 Å². The molecule has 4 aromatic rings. The van der Waals surface area contributed by atoms with Gasteiger partial charge in [-0.05, 0) is 35.7 Å². The number of halogens is 2. The van der Waals surface area contributed by atoms with E-state index in [-0.39, 0.29) is 18.4 Å². The standard InChI is InChI=1S/C19H17ClN4OS.ClH/c20-14-7-5-12(6-8-14)11-26-19-24-23-18(25-19)16(21)9-13-10-22-17-4-2-1-3-15(13)17;/h1-8,10,16,22H,9,11,21H2;1H. The molecule has 0 amide bonds. The van der Waals surface area contributed by atoms with Gasteiger partial charge < -0.3 is 15.1 Å². The molecular weight excluding hydrogens is 403 g/mol. The van der Waals surface area contributed by atoms with Crippen molar-refractivity contribution in [3.63, 3.8) is 0 Å². The van der Waals surface area contributed by atoms with Gasteiger partial charge in [0.2, 0.25) is 5.89 Å². The number of nitrogens with zero attached hydrogens (tertiary/aromatic N) is 2. The molecule has 0 radical (unpaired) electrons. The van der Waals surface area contributed by atoms with Crippen molar-refractivity contribution in [1.29, 1.82) is 0 Å². The third kappa shape index (κ3) is 4.65. The van der Waals surface area contributed by atoms with Crippen LogP contribution in [0.4, 0.5) is 0 Å². The van der Waals surface area contributed by atoms with E-state index in [0.29, 0.717) is 17.5 Å². The van der Waals surface area contributed by atoms with Crippen molar-refractivity contribution in [3.05, 3.63) is 76.8 Å². The highest BCUT2D eigenvalue weighted by Gasteiger charge is 2.17. The van der Waals surface area contributed by atoms with E-state index in [1.54, 1.807) is 0 Å². The first-order valence-electron chi connectivity index (χ1n) is 8.20. The minimum Gasteiger partial charge on any atom is -0.414 e. The highest BCUT2D eigenvalue weighted by molar-refractivity contribution is 7.98. The van der Waals surface area contributed by atoms with Crippen LogP contribution < -0.4 is 5.73 Å². The lowest BCUT2D eigenvalue weighted by molar-refractivity contribution is 0.385. The fraction of sp³-hybridized carbons (Fsp3) is 0.158. The molecule has 4 rings (SSSR count). The summed E-state index contributed by atoms with van der Waals surface area (Å²) >= 11 is 7.38. The average molecular weight is 421 g/mol. The van der Waals surface area contributed by atoms with Crippen LogP contribution in [0, 0.1) is 0 Å². The maximum absolute atomic E-state index is 6.28. The number of hydrogen-bond donors (Lipinski definition) is 2. The van der Waals surface area contributed by atoms with Crippen LogP contribution in [0.3, 0.4) is 0 Å². The molecule has 27 heavy (non-hydrogen) atoms. The minimum atomic E-state index is -0.341. The van der Waals surface area contributed by atoms with Crippen LogP contribution in [0.25, 0.3) is 10.9 Å². The van der Waals surface area contributed by atoms with Crippen molar-refractivity contribution < 1.29 is 4.42 Å². The van der Waals surface area contributed by atoms with Gasteiger partial charge in [0.1, 0.15) is 0 Å². The summed E-state index contributed by atoms with van der Waals surface area (Å²) in [4.78, 5) is 3.26. The lowest BCUT2D eigenvalue weighted by Crippen LogP contribution is -2.13. The topological polar surface area (TPSA) is 80.7 Å². The molecule has 0 aliphatic heterocycles. The minimum absolute atomic E-state index is 0. The smallest absolute Gasteiger partial charge is 0.276 e. The van der Waals surface area contributed by atoms with Crippen molar-refractivity contribution in [2.45, 2.75) is 23.4 Å². The van der Waals surface area contributed by atoms with E-state index < -0.39 is 0 Å². The SMILES string of the molecule is Cl.NC(Cc1c[nH]c2ccccc12)c1nnc(SCc2ccc(Cl)cc2)o1. The largest absolute Gasteiger partial charge is 0.414 e. The molecule has 0 saturated carbocycles. The van der Waals surface area contributed by atoms with Gasteiger partial charge >= 0.3 is 0 Å². The molecular formula is C19H18Cl2N4OS. The maximum atomic E-state index is 6.28. The lowest BCUT2D eigenvalue weighted by atomic mass is 10.1. The van der Waals surface area contributed by atoms with Crippen LogP contribution in [0.2, 0.25) is 5.02 Å². The number of para-hydroxylation sites is 1. The van der Waals surface area contributed by atoms with Crippen LogP contribution in [-0.4, -0.2) is 15.2 Å². The number of aromatic nitrogens is 3. The molecule has 5 nitrogen and oxygen atoms in total. The zero-order valence-electron chi connectivity index (χ0n) is 14.3. The van der Waals surface area contributed by atoms with Gasteiger partial charge in [0.15, 0.2) is 0 Å². The van der Waals surface area contributed by atoms with Crippen molar-refractivity contribution in [1.82, 2.24) is 15.2 Å². The number of nitrogens with one attached hydrogen (secondary N) is 1. The second-order valence-electron chi connectivity index (χ2n) is 5.99. The summed E-state index contributed by atoms with van der Waals surface area (Å²) in [6.07, 6.45) is 2.62. The molecule has 2 aromatic heterocycles. The summed E-state index contributed by atoms with van der Waals surface area (Å²) in [5.41, 5.74) is 9.66. The summed E-state index contributed by atoms with van der Waals surface area (Å²) < 4.78 is 5.73. The number of hydrogen-bond acceptors (Lipinski definition) is 5. The molecule has 8 heteroatoms. The summed E-state index contributed by atoms with van der Waals surface area (Å²) in [6, 6.07) is 15.5. The number of thioether (sulfide) groups is 1. The zero-order valence-corrected chi connectivity index (χ0v) is 16.7. The van der Waals surface area contributed by atoms with Crippen LogP contribution in [0.15, 0.2) is 64.4 Å². The van der Waals surface area contributed by atoms with Gasteiger partial charge in [0.05, 0.1) is 6.04 Å². The fourth-order valence-electron chi connectivity index (χ4n) is 2.78. The molecule has 140 valence electrons. The molecule has 0 aliphatic rings. The van der Waals surface area contributed by atoms with E-state index in [1.807, 2.05) is 48.7 Å². The Morgan fingerprint density at radius 3 is 2.70 bits per heavy atom. The third-order valence-corrected chi connectivity index (χ3v) is 5.27. The second-order valence-corrected chi connectivity index (χ2v) is 7.35. The third-order valence-electron chi connectivity index (χ3n) is 4.13. The van der Waals surface area contributed by atoms with E-state index in [1.165, 1.54) is 17.1 Å². The highest BCUT2D eigenvalue weighted by atomic mass is 35.5. The summed E-state index contributed by atoms with van der Waals surface area (Å²) in [5.74, 6) is 1.19. The number of nitrogens with two attached hydrogens (primary N) is 1. The molecule has 1 unspecified atom stereocenters. The zero-order chi connectivity index (χ0) is 17.9. The van der Waals surface area contributed by atoms with Crippen LogP contribution in [0.5, 0.6) is 0 Å². The predicted molar refractivity (Wildman–Crippen MR) is 111 cm³/mol. The molecule has 1 atom stereocenters. The van der Waals surface area contributed by atoms with Crippen molar-refractivity contribution in [3.8, 4) is 0 Å². The maximum Gasteiger partial charge on any atom is 0.276 e. The van der Waals surface area contributed by atoms with E-state index in [9.17, 15) is 0 Å². The van der Waals surface area contributed by atoms with Crippen LogP contribution in [0.1, 0.15) is 23.1 Å². The first-order chi connectivity index (χ1) is 12.7. The molecule has 3 N–H and O–H groups in total. The van der Waals surface area contributed by atoms with Gasteiger partial charge in [-0.15, -0.1) is 22.6 Å². The Labute approximate surface area is 172 Å². The first kappa shape index (κ1) is 19.8. The number of H-pyrrole nitrogens is 1. The van der Waals surface area contributed by atoms with E-state index in [2.05, 4.69) is 21.2 Å². The molecule has 0 aliphatic carbocycles.